The van der Waals surface area contributed by atoms with Crippen molar-refractivity contribution in [3.8, 4) is 17.0 Å². The Morgan fingerprint density at radius 1 is 0.957 bits per heavy atom. The molecule has 2 nitrogen and oxygen atoms in total. The second-order valence-electron chi connectivity index (χ2n) is 6.48. The minimum atomic E-state index is -4.13. The molecule has 0 radical (unpaired) electrons. The molecule has 0 amide bonds. The molecule has 5 rings (SSSR count). The van der Waals surface area contributed by atoms with E-state index in [0.29, 0.717) is 11.4 Å². The summed E-state index contributed by atoms with van der Waals surface area (Å²) in [4.78, 5) is 3.98. The highest BCUT2D eigenvalue weighted by Gasteiger charge is 2.80. The average Bonchev–Trinajstić information content (AvgIpc) is 2.41. The number of hydrogen-bond acceptors (Lipinski definition) is 2. The zero-order valence-electron chi connectivity index (χ0n) is 12.0. The third kappa shape index (κ3) is 2.19. The minimum absolute atomic E-state index is 0.0464. The lowest BCUT2D eigenvalue weighted by molar-refractivity contribution is -0.373. The summed E-state index contributed by atoms with van der Waals surface area (Å²) in [5.74, 6) is 0.141. The molecule has 3 fully saturated rings. The molecule has 120 valence electrons. The van der Waals surface area contributed by atoms with Gasteiger partial charge in [0.15, 0.2) is 0 Å². The van der Waals surface area contributed by atoms with Crippen molar-refractivity contribution in [2.75, 3.05) is 0 Å². The maximum absolute atomic E-state index is 12.9. The zero-order chi connectivity index (χ0) is 16.3. The minimum Gasteiger partial charge on any atom is -0.487 e. The van der Waals surface area contributed by atoms with Crippen LogP contribution in [0, 0.1) is 11.2 Å². The van der Waals surface area contributed by atoms with E-state index in [0.717, 1.165) is 11.8 Å². The number of rotatable bonds is 3. The van der Waals surface area contributed by atoms with Gasteiger partial charge in [0.05, 0.1) is 17.3 Å². The molecule has 0 N–H and O–H groups in total. The van der Waals surface area contributed by atoms with E-state index in [2.05, 4.69) is 4.98 Å². The van der Waals surface area contributed by atoms with Crippen LogP contribution in [0.4, 0.5) is 17.6 Å². The molecule has 0 unspecified atom stereocenters. The summed E-state index contributed by atoms with van der Waals surface area (Å²) in [5.41, 5.74) is -0.739. The number of nitrogens with zero attached hydrogens (tertiary/aromatic N) is 1. The number of pyridine rings is 1. The summed E-state index contributed by atoms with van der Waals surface area (Å²) >= 11 is 0. The smallest absolute Gasteiger partial charge is 0.394 e. The monoisotopic (exact) mass is 323 g/mol. The summed E-state index contributed by atoms with van der Waals surface area (Å²) in [5, 5.41) is 0. The standard InChI is InChI=1S/C17H13F4NO/c18-12-3-6-14(22-7-12)11-1-4-13(5-2-11)23-16-8-15(9-16,10-16)17(19,20)21/h1-7H,8-10H2. The van der Waals surface area contributed by atoms with E-state index in [-0.39, 0.29) is 19.3 Å². The predicted molar refractivity (Wildman–Crippen MR) is 75.3 cm³/mol. The van der Waals surface area contributed by atoms with Crippen LogP contribution in [-0.2, 0) is 0 Å². The summed E-state index contributed by atoms with van der Waals surface area (Å²) in [6.45, 7) is 0. The predicted octanol–water partition coefficient (Wildman–Crippen LogP) is 4.75. The van der Waals surface area contributed by atoms with Gasteiger partial charge in [-0.15, -0.1) is 0 Å². The van der Waals surface area contributed by atoms with Crippen molar-refractivity contribution in [3.63, 3.8) is 0 Å². The quantitative estimate of drug-likeness (QED) is 0.760. The van der Waals surface area contributed by atoms with Gasteiger partial charge in [-0.1, -0.05) is 0 Å². The molecular weight excluding hydrogens is 310 g/mol. The lowest BCUT2D eigenvalue weighted by Crippen LogP contribution is -2.74. The Bertz CT molecular complexity index is 717. The summed E-state index contributed by atoms with van der Waals surface area (Å²) in [7, 11) is 0. The van der Waals surface area contributed by atoms with Crippen molar-refractivity contribution in [1.29, 1.82) is 0 Å². The summed E-state index contributed by atoms with van der Waals surface area (Å²) in [6, 6.07) is 9.84. The van der Waals surface area contributed by atoms with Crippen molar-refractivity contribution in [3.05, 3.63) is 48.4 Å². The molecule has 1 heterocycles. The molecule has 23 heavy (non-hydrogen) atoms. The second kappa shape index (κ2) is 4.46. The van der Waals surface area contributed by atoms with E-state index >= 15 is 0 Å². The first kappa shape index (κ1) is 14.5. The molecule has 3 saturated carbocycles. The molecule has 0 atom stereocenters. The largest absolute Gasteiger partial charge is 0.487 e. The molecule has 6 heteroatoms. The first-order valence-electron chi connectivity index (χ1n) is 7.29. The second-order valence-corrected chi connectivity index (χ2v) is 6.48. The Hall–Kier alpha value is -2.11. The van der Waals surface area contributed by atoms with Crippen LogP contribution in [0.2, 0.25) is 0 Å². The lowest BCUT2D eigenvalue weighted by atomic mass is 9.40. The van der Waals surface area contributed by atoms with E-state index in [1.807, 2.05) is 0 Å². The fourth-order valence-corrected chi connectivity index (χ4v) is 3.59. The molecule has 3 aliphatic carbocycles. The van der Waals surface area contributed by atoms with Crippen LogP contribution < -0.4 is 4.74 Å². The fourth-order valence-electron chi connectivity index (χ4n) is 3.59. The maximum Gasteiger partial charge on any atom is 0.394 e. The highest BCUT2D eigenvalue weighted by atomic mass is 19.4. The van der Waals surface area contributed by atoms with Gasteiger partial charge in [0.1, 0.15) is 17.2 Å². The molecule has 0 spiro atoms. The van der Waals surface area contributed by atoms with Crippen LogP contribution in [0.5, 0.6) is 5.75 Å². The summed E-state index contributed by atoms with van der Waals surface area (Å²) in [6.07, 6.45) is -2.85. The van der Waals surface area contributed by atoms with E-state index in [1.54, 1.807) is 30.3 Å². The van der Waals surface area contributed by atoms with Gasteiger partial charge in [0.25, 0.3) is 0 Å². The van der Waals surface area contributed by atoms with Gasteiger partial charge < -0.3 is 4.74 Å². The highest BCUT2D eigenvalue weighted by Crippen LogP contribution is 2.74. The van der Waals surface area contributed by atoms with Gasteiger partial charge in [-0.05, 0) is 36.4 Å². The molecule has 3 aliphatic rings. The third-order valence-corrected chi connectivity index (χ3v) is 4.79. The average molecular weight is 323 g/mol. The van der Waals surface area contributed by atoms with Gasteiger partial charge in [-0.3, -0.25) is 4.98 Å². The SMILES string of the molecule is Fc1ccc(-c2ccc(OC34CC(C(F)(F)F)(C3)C4)cc2)nc1. The molecule has 1 aromatic heterocycles. The van der Waals surface area contributed by atoms with Gasteiger partial charge >= 0.3 is 6.18 Å². The van der Waals surface area contributed by atoms with Crippen LogP contribution in [-0.4, -0.2) is 16.8 Å². The number of aromatic nitrogens is 1. The van der Waals surface area contributed by atoms with Crippen molar-refractivity contribution in [2.45, 2.75) is 31.0 Å². The number of halogens is 4. The Kier molecular flexibility index (Phi) is 2.81. The number of ether oxygens (including phenoxy) is 1. The van der Waals surface area contributed by atoms with E-state index in [4.69, 9.17) is 4.74 Å². The van der Waals surface area contributed by atoms with E-state index < -0.39 is 23.0 Å². The molecular formula is C17H13F4NO. The molecule has 0 saturated heterocycles. The molecule has 2 aromatic rings. The first-order valence-corrected chi connectivity index (χ1v) is 7.29. The van der Waals surface area contributed by atoms with E-state index in [9.17, 15) is 17.6 Å². The summed E-state index contributed by atoms with van der Waals surface area (Å²) < 4.78 is 57.0. The normalized spacial score (nSPS) is 28.7. The van der Waals surface area contributed by atoms with Crippen molar-refractivity contribution >= 4 is 0 Å². The first-order chi connectivity index (χ1) is 10.8. The van der Waals surface area contributed by atoms with Crippen LogP contribution >= 0.6 is 0 Å². The molecule has 1 aromatic carbocycles. The van der Waals surface area contributed by atoms with Gasteiger partial charge in [0.2, 0.25) is 0 Å². The van der Waals surface area contributed by atoms with Gasteiger partial charge in [-0.2, -0.15) is 13.2 Å². The van der Waals surface area contributed by atoms with Crippen molar-refractivity contribution in [2.24, 2.45) is 5.41 Å². The van der Waals surface area contributed by atoms with E-state index in [1.165, 1.54) is 6.07 Å². The van der Waals surface area contributed by atoms with Gasteiger partial charge in [0, 0.05) is 24.8 Å². The lowest BCUT2D eigenvalue weighted by Gasteiger charge is -2.69. The van der Waals surface area contributed by atoms with Crippen molar-refractivity contribution < 1.29 is 22.3 Å². The number of benzene rings is 1. The Labute approximate surface area is 130 Å². The van der Waals surface area contributed by atoms with Crippen LogP contribution in [0.3, 0.4) is 0 Å². The van der Waals surface area contributed by atoms with Crippen molar-refractivity contribution in [1.82, 2.24) is 4.98 Å². The number of alkyl halides is 3. The Morgan fingerprint density at radius 3 is 2.13 bits per heavy atom. The van der Waals surface area contributed by atoms with Crippen LogP contribution in [0.1, 0.15) is 19.3 Å². The zero-order valence-corrected chi connectivity index (χ0v) is 12.0. The Morgan fingerprint density at radius 2 is 1.61 bits per heavy atom. The Balaban J connectivity index is 1.44. The van der Waals surface area contributed by atoms with Crippen LogP contribution in [0.25, 0.3) is 11.3 Å². The van der Waals surface area contributed by atoms with Gasteiger partial charge in [-0.25, -0.2) is 4.39 Å². The third-order valence-electron chi connectivity index (χ3n) is 4.79. The highest BCUT2D eigenvalue weighted by molar-refractivity contribution is 5.59. The number of hydrogen-bond donors (Lipinski definition) is 0. The maximum atomic E-state index is 12.9. The fraction of sp³-hybridized carbons (Fsp3) is 0.353. The molecule has 0 aliphatic heterocycles. The van der Waals surface area contributed by atoms with Crippen LogP contribution in [0.15, 0.2) is 42.6 Å². The molecule has 2 bridgehead atoms. The topological polar surface area (TPSA) is 22.1 Å².